The fraction of sp³-hybridized carbons (Fsp3) is 0.692. The van der Waals surface area contributed by atoms with Gasteiger partial charge in [-0.1, -0.05) is 0 Å². The highest BCUT2D eigenvalue weighted by Gasteiger charge is 2.28. The van der Waals surface area contributed by atoms with Crippen LogP contribution in [0.5, 0.6) is 0 Å². The Labute approximate surface area is 103 Å². The van der Waals surface area contributed by atoms with Crippen LogP contribution in [0.2, 0.25) is 0 Å². The van der Waals surface area contributed by atoms with Crippen LogP contribution in [0.25, 0.3) is 0 Å². The fourth-order valence-corrected chi connectivity index (χ4v) is 1.96. The molecule has 1 aliphatic rings. The van der Waals surface area contributed by atoms with E-state index < -0.39 is 0 Å². The Bertz CT molecular complexity index is 296. The quantitative estimate of drug-likeness (QED) is 0.661. The van der Waals surface area contributed by atoms with Crippen molar-refractivity contribution in [3.63, 3.8) is 0 Å². The highest BCUT2D eigenvalue weighted by Crippen LogP contribution is 2.27. The van der Waals surface area contributed by atoms with E-state index in [0.717, 1.165) is 44.6 Å². The molecular weight excluding hydrogens is 216 g/mol. The Kier molecular flexibility index (Phi) is 5.04. The van der Waals surface area contributed by atoms with E-state index in [-0.39, 0.29) is 0 Å². The van der Waals surface area contributed by atoms with E-state index in [1.165, 1.54) is 12.8 Å². The van der Waals surface area contributed by atoms with Crippen LogP contribution in [0.1, 0.15) is 18.6 Å². The maximum absolute atomic E-state index is 5.40. The van der Waals surface area contributed by atoms with Crippen molar-refractivity contribution >= 4 is 0 Å². The first kappa shape index (κ1) is 12.6. The second-order valence-electron chi connectivity index (χ2n) is 4.52. The maximum Gasteiger partial charge on any atom is 0.117 e. The number of hydrogen-bond acceptors (Lipinski definition) is 4. The molecule has 17 heavy (non-hydrogen) atoms. The molecule has 0 unspecified atom stereocenters. The lowest BCUT2D eigenvalue weighted by atomic mass is 10.3. The zero-order valence-corrected chi connectivity index (χ0v) is 10.5. The van der Waals surface area contributed by atoms with Crippen molar-refractivity contribution < 1.29 is 9.15 Å². The van der Waals surface area contributed by atoms with Crippen molar-refractivity contribution in [2.45, 2.75) is 25.4 Å². The van der Waals surface area contributed by atoms with Crippen molar-refractivity contribution in [3.05, 3.63) is 24.2 Å². The topological polar surface area (TPSA) is 37.6 Å². The van der Waals surface area contributed by atoms with Gasteiger partial charge in [0.2, 0.25) is 0 Å². The Morgan fingerprint density at radius 1 is 1.47 bits per heavy atom. The number of methoxy groups -OCH3 is 1. The van der Waals surface area contributed by atoms with Crippen LogP contribution in [0.3, 0.4) is 0 Å². The minimum absolute atomic E-state index is 0.768. The molecule has 0 aliphatic heterocycles. The van der Waals surface area contributed by atoms with Gasteiger partial charge in [0.25, 0.3) is 0 Å². The predicted molar refractivity (Wildman–Crippen MR) is 66.9 cm³/mol. The summed E-state index contributed by atoms with van der Waals surface area (Å²) in [5, 5.41) is 3.38. The summed E-state index contributed by atoms with van der Waals surface area (Å²) in [6, 6.07) is 4.77. The lowest BCUT2D eigenvalue weighted by molar-refractivity contribution is 0.193. The van der Waals surface area contributed by atoms with Crippen LogP contribution in [0, 0.1) is 0 Å². The molecule has 0 radical (unpaired) electrons. The second kappa shape index (κ2) is 6.79. The average molecular weight is 238 g/mol. The molecule has 0 amide bonds. The number of ether oxygens (including phenoxy) is 1. The summed E-state index contributed by atoms with van der Waals surface area (Å²) in [6.45, 7) is 4.73. The summed E-state index contributed by atoms with van der Waals surface area (Å²) in [4.78, 5) is 2.50. The monoisotopic (exact) mass is 238 g/mol. The summed E-state index contributed by atoms with van der Waals surface area (Å²) in [6.07, 6.45) is 4.41. The molecule has 1 aromatic rings. The highest BCUT2D eigenvalue weighted by atomic mass is 16.5. The average Bonchev–Trinajstić information content (AvgIpc) is 3.06. The summed E-state index contributed by atoms with van der Waals surface area (Å²) in [5.41, 5.74) is 0. The second-order valence-corrected chi connectivity index (χ2v) is 4.52. The summed E-state index contributed by atoms with van der Waals surface area (Å²) < 4.78 is 10.4. The highest BCUT2D eigenvalue weighted by molar-refractivity contribution is 4.99. The van der Waals surface area contributed by atoms with E-state index >= 15 is 0 Å². The summed E-state index contributed by atoms with van der Waals surface area (Å²) in [7, 11) is 1.73. The first-order valence-corrected chi connectivity index (χ1v) is 6.36. The number of nitrogens with one attached hydrogen (secondary N) is 1. The van der Waals surface area contributed by atoms with E-state index in [1.807, 2.05) is 12.1 Å². The van der Waals surface area contributed by atoms with Crippen LogP contribution < -0.4 is 5.32 Å². The fourth-order valence-electron chi connectivity index (χ4n) is 1.96. The van der Waals surface area contributed by atoms with Gasteiger partial charge in [0.15, 0.2) is 0 Å². The lowest BCUT2D eigenvalue weighted by Crippen LogP contribution is -2.34. The van der Waals surface area contributed by atoms with Crippen LogP contribution in [0.4, 0.5) is 0 Å². The van der Waals surface area contributed by atoms with Gasteiger partial charge in [-0.25, -0.2) is 0 Å². The molecular formula is C13H22N2O2. The maximum atomic E-state index is 5.40. The van der Waals surface area contributed by atoms with Gasteiger partial charge in [-0.05, 0) is 25.0 Å². The van der Waals surface area contributed by atoms with Crippen molar-refractivity contribution in [3.8, 4) is 0 Å². The minimum atomic E-state index is 0.768. The van der Waals surface area contributed by atoms with Gasteiger partial charge in [-0.3, -0.25) is 4.90 Å². The zero-order valence-electron chi connectivity index (χ0n) is 10.5. The number of furan rings is 1. The predicted octanol–water partition coefficient (Wildman–Crippen LogP) is 1.48. The van der Waals surface area contributed by atoms with Gasteiger partial charge in [0.1, 0.15) is 5.76 Å². The lowest BCUT2D eigenvalue weighted by Gasteiger charge is -2.20. The van der Waals surface area contributed by atoms with Gasteiger partial charge in [0.05, 0.1) is 19.4 Å². The van der Waals surface area contributed by atoms with Crippen molar-refractivity contribution in [2.24, 2.45) is 0 Å². The van der Waals surface area contributed by atoms with Crippen LogP contribution in [-0.4, -0.2) is 44.3 Å². The molecule has 1 aromatic heterocycles. The molecule has 1 fully saturated rings. The van der Waals surface area contributed by atoms with E-state index in [9.17, 15) is 0 Å². The third-order valence-corrected chi connectivity index (χ3v) is 3.06. The third-order valence-electron chi connectivity index (χ3n) is 3.06. The van der Waals surface area contributed by atoms with Crippen LogP contribution in [0.15, 0.2) is 22.8 Å². The largest absolute Gasteiger partial charge is 0.468 e. The Hall–Kier alpha value is -0.840. The molecule has 1 aliphatic carbocycles. The van der Waals surface area contributed by atoms with Crippen molar-refractivity contribution in [1.29, 1.82) is 0 Å². The number of nitrogens with zero attached hydrogens (tertiary/aromatic N) is 1. The number of rotatable bonds is 9. The molecule has 0 atom stereocenters. The van der Waals surface area contributed by atoms with E-state index in [1.54, 1.807) is 13.4 Å². The first-order chi connectivity index (χ1) is 8.40. The molecule has 0 bridgehead atoms. The van der Waals surface area contributed by atoms with Crippen LogP contribution >= 0.6 is 0 Å². The molecule has 4 nitrogen and oxygen atoms in total. The molecule has 1 heterocycles. The zero-order chi connectivity index (χ0) is 11.9. The smallest absolute Gasteiger partial charge is 0.117 e. The van der Waals surface area contributed by atoms with Gasteiger partial charge in [-0.2, -0.15) is 0 Å². The minimum Gasteiger partial charge on any atom is -0.468 e. The van der Waals surface area contributed by atoms with E-state index in [4.69, 9.17) is 9.15 Å². The Balaban J connectivity index is 1.66. The van der Waals surface area contributed by atoms with Gasteiger partial charge < -0.3 is 14.5 Å². The molecule has 2 rings (SSSR count). The molecule has 1 N–H and O–H groups in total. The molecule has 4 heteroatoms. The molecule has 1 saturated carbocycles. The Morgan fingerprint density at radius 3 is 3.00 bits per heavy atom. The number of hydrogen-bond donors (Lipinski definition) is 1. The molecule has 96 valence electrons. The summed E-state index contributed by atoms with van der Waals surface area (Å²) >= 11 is 0. The van der Waals surface area contributed by atoms with Crippen molar-refractivity contribution in [2.75, 3.05) is 33.4 Å². The van der Waals surface area contributed by atoms with Crippen LogP contribution in [-0.2, 0) is 11.3 Å². The van der Waals surface area contributed by atoms with Crippen molar-refractivity contribution in [1.82, 2.24) is 10.2 Å². The molecule has 0 spiro atoms. The standard InChI is InChI=1S/C13H22N2O2/c1-16-10-7-14-6-8-15(12-4-5-12)11-13-3-2-9-17-13/h2-3,9,12,14H,4-8,10-11H2,1H3. The SMILES string of the molecule is COCCNCCN(Cc1ccco1)C1CC1. The van der Waals surface area contributed by atoms with Gasteiger partial charge in [0, 0.05) is 32.8 Å². The van der Waals surface area contributed by atoms with E-state index in [0.29, 0.717) is 0 Å². The van der Waals surface area contributed by atoms with Gasteiger partial charge in [-0.15, -0.1) is 0 Å². The van der Waals surface area contributed by atoms with Gasteiger partial charge >= 0.3 is 0 Å². The first-order valence-electron chi connectivity index (χ1n) is 6.36. The third kappa shape index (κ3) is 4.50. The molecule has 0 saturated heterocycles. The normalized spacial score (nSPS) is 15.6. The summed E-state index contributed by atoms with van der Waals surface area (Å²) in [5.74, 6) is 1.06. The molecule has 0 aromatic carbocycles. The Morgan fingerprint density at radius 2 is 2.35 bits per heavy atom. The van der Waals surface area contributed by atoms with E-state index in [2.05, 4.69) is 10.2 Å².